The Hall–Kier alpha value is -6.54. The van der Waals surface area contributed by atoms with E-state index in [0.29, 0.717) is 37.1 Å². The van der Waals surface area contributed by atoms with Gasteiger partial charge in [-0.1, -0.05) is 12.1 Å². The van der Waals surface area contributed by atoms with E-state index in [-0.39, 0.29) is 44.5 Å². The number of carbonyl (C=O) groups excluding carboxylic acids is 8. The number of likely N-dealkylation sites (tertiary alicyclic amines) is 2. The van der Waals surface area contributed by atoms with Crippen molar-refractivity contribution in [2.45, 2.75) is 151 Å². The van der Waals surface area contributed by atoms with Gasteiger partial charge in [-0.15, -0.1) is 0 Å². The molecule has 3 aliphatic heterocycles. The Morgan fingerprint density at radius 1 is 0.653 bits per heavy atom. The quantitative estimate of drug-likeness (QED) is 0.0435. The average molecular weight is 1030 g/mol. The maximum Gasteiger partial charge on any atom is 0.326 e. The molecule has 3 saturated heterocycles. The van der Waals surface area contributed by atoms with Crippen LogP contribution in [0.1, 0.15) is 90.0 Å². The number of amides is 8. The van der Waals surface area contributed by atoms with E-state index >= 15 is 0 Å². The van der Waals surface area contributed by atoms with E-state index in [1.807, 2.05) is 0 Å². The highest BCUT2D eigenvalue weighted by atomic mass is 32.2. The van der Waals surface area contributed by atoms with Gasteiger partial charge in [0.1, 0.15) is 54.1 Å². The number of nitrogens with one attached hydrogen (secondary N) is 7. The van der Waals surface area contributed by atoms with E-state index in [0.717, 1.165) is 6.42 Å². The Morgan fingerprint density at radius 2 is 1.21 bits per heavy atom. The predicted molar refractivity (Wildman–Crippen MR) is 256 cm³/mol. The number of benzene rings is 1. The Morgan fingerprint density at radius 3 is 1.78 bits per heavy atom. The lowest BCUT2D eigenvalue weighted by Gasteiger charge is -2.33. The average Bonchev–Trinajstić information content (AvgIpc) is 4.15. The van der Waals surface area contributed by atoms with Crippen LogP contribution in [0.25, 0.3) is 0 Å². The zero-order valence-corrected chi connectivity index (χ0v) is 41.2. The van der Waals surface area contributed by atoms with Crippen molar-refractivity contribution in [3.05, 3.63) is 29.8 Å². The summed E-state index contributed by atoms with van der Waals surface area (Å²) in [5, 5.41) is 66.5. The first-order chi connectivity index (χ1) is 34.1. The molecule has 26 heteroatoms. The summed E-state index contributed by atoms with van der Waals surface area (Å²) in [5.74, 6) is -10.2. The third kappa shape index (κ3) is 17.1. The van der Waals surface area contributed by atoms with Crippen LogP contribution in [0.3, 0.4) is 0 Å². The van der Waals surface area contributed by atoms with Crippen LogP contribution in [0.5, 0.6) is 5.75 Å². The number of carbonyl (C=O) groups is 11. The molecule has 0 unspecified atom stereocenters. The van der Waals surface area contributed by atoms with Gasteiger partial charge in [-0.25, -0.2) is 4.79 Å². The summed E-state index contributed by atoms with van der Waals surface area (Å²) in [7, 11) is 0. The monoisotopic (exact) mass is 1030 g/mol. The first-order valence-electron chi connectivity index (χ1n) is 23.9. The van der Waals surface area contributed by atoms with Crippen LogP contribution in [-0.4, -0.2) is 193 Å². The highest BCUT2D eigenvalue weighted by Gasteiger charge is 2.44. The molecule has 72 heavy (non-hydrogen) atoms. The molecule has 12 N–H and O–H groups in total. The lowest BCUT2D eigenvalue weighted by molar-refractivity contribution is -0.148. The molecule has 0 bridgehead atoms. The number of thioether (sulfide) groups is 1. The maximum atomic E-state index is 14.2. The maximum absolute atomic E-state index is 14.2. The van der Waals surface area contributed by atoms with Crippen LogP contribution < -0.4 is 37.2 Å². The van der Waals surface area contributed by atoms with Crippen molar-refractivity contribution < 1.29 is 78.3 Å². The summed E-state index contributed by atoms with van der Waals surface area (Å²) < 4.78 is 0. The van der Waals surface area contributed by atoms with Gasteiger partial charge in [0.05, 0.1) is 12.1 Å². The van der Waals surface area contributed by atoms with E-state index < -0.39 is 151 Å². The molecule has 3 fully saturated rings. The number of aliphatic hydroxyl groups excluding tert-OH is 1. The SMILES string of the molecule is CSCC[C@H](NC(=O)[C@H](Cc1ccc(O)cc1)NC(=O)[C@H](CCC(=O)O)NC(=O)[C@@H]1CCCN1C(=O)[C@@H]1CCCN1C(=O)[C@H](C)NC(=O)[C@@H](NC(=O)[C@@H]1CCCN1)[C@@H](C)O)C(=O)N[C@@H](CCC(=O)O)C(=O)O. The Balaban J connectivity index is 1.50. The molecule has 3 heterocycles. The van der Waals surface area contributed by atoms with Crippen molar-refractivity contribution >= 4 is 76.9 Å². The van der Waals surface area contributed by atoms with Gasteiger partial charge in [-0.3, -0.25) is 47.9 Å². The molecule has 0 spiro atoms. The normalized spacial score (nSPS) is 20.4. The van der Waals surface area contributed by atoms with E-state index in [1.165, 1.54) is 59.7 Å². The van der Waals surface area contributed by atoms with Gasteiger partial charge in [0.25, 0.3) is 0 Å². The van der Waals surface area contributed by atoms with Gasteiger partial charge in [0.15, 0.2) is 0 Å². The molecule has 1 aromatic carbocycles. The molecular formula is C46H67N9O16S. The number of carboxylic acid groups (broad SMARTS) is 3. The molecule has 4 rings (SSSR count). The zero-order chi connectivity index (χ0) is 53.2. The number of aliphatic carboxylic acids is 3. The molecule has 1 aromatic rings. The lowest BCUT2D eigenvalue weighted by atomic mass is 10.0. The Kier molecular flexibility index (Phi) is 22.5. The molecule has 3 aliphatic rings. The molecule has 25 nitrogen and oxygen atoms in total. The first-order valence-corrected chi connectivity index (χ1v) is 25.3. The van der Waals surface area contributed by atoms with E-state index in [4.69, 9.17) is 5.11 Å². The van der Waals surface area contributed by atoms with Crippen molar-refractivity contribution in [3.8, 4) is 5.75 Å². The second-order valence-corrected chi connectivity index (χ2v) is 19.1. The predicted octanol–water partition coefficient (Wildman–Crippen LogP) is -2.45. The fourth-order valence-electron chi connectivity index (χ4n) is 8.69. The Bertz CT molecular complexity index is 2140. The van der Waals surface area contributed by atoms with Gasteiger partial charge < -0.3 is 72.5 Å². The fraction of sp³-hybridized carbons (Fsp3) is 0.630. The largest absolute Gasteiger partial charge is 0.508 e. The topological polar surface area (TPSA) is 380 Å². The number of hydrogen-bond acceptors (Lipinski definition) is 15. The molecule has 398 valence electrons. The van der Waals surface area contributed by atoms with Crippen LogP contribution in [0.4, 0.5) is 0 Å². The summed E-state index contributed by atoms with van der Waals surface area (Å²) in [6.07, 6.45) is 0.404. The molecule has 0 radical (unpaired) electrons. The van der Waals surface area contributed by atoms with Gasteiger partial charge in [0.2, 0.25) is 47.3 Å². The second-order valence-electron chi connectivity index (χ2n) is 18.1. The summed E-state index contributed by atoms with van der Waals surface area (Å²) in [6.45, 7) is 3.57. The van der Waals surface area contributed by atoms with Crippen LogP contribution >= 0.6 is 11.8 Å². The van der Waals surface area contributed by atoms with Gasteiger partial charge in [0, 0.05) is 32.4 Å². The highest BCUT2D eigenvalue weighted by Crippen LogP contribution is 2.26. The van der Waals surface area contributed by atoms with Crippen molar-refractivity contribution in [1.29, 1.82) is 0 Å². The number of nitrogens with zero attached hydrogens (tertiary/aromatic N) is 2. The number of phenolic OH excluding ortho intramolecular Hbond substituents is 1. The van der Waals surface area contributed by atoms with E-state index in [1.54, 1.807) is 6.26 Å². The summed E-state index contributed by atoms with van der Waals surface area (Å²) >= 11 is 1.30. The number of phenols is 1. The van der Waals surface area contributed by atoms with Crippen molar-refractivity contribution in [1.82, 2.24) is 47.0 Å². The zero-order valence-electron chi connectivity index (χ0n) is 40.4. The third-order valence-electron chi connectivity index (χ3n) is 12.6. The minimum Gasteiger partial charge on any atom is -0.508 e. The van der Waals surface area contributed by atoms with Crippen molar-refractivity contribution in [3.63, 3.8) is 0 Å². The van der Waals surface area contributed by atoms with Gasteiger partial charge >= 0.3 is 17.9 Å². The minimum absolute atomic E-state index is 0.0238. The summed E-state index contributed by atoms with van der Waals surface area (Å²) in [4.78, 5) is 147. The smallest absolute Gasteiger partial charge is 0.326 e. The van der Waals surface area contributed by atoms with E-state index in [9.17, 15) is 73.2 Å². The third-order valence-corrected chi connectivity index (χ3v) is 13.3. The van der Waals surface area contributed by atoms with Gasteiger partial charge in [-0.2, -0.15) is 11.8 Å². The molecule has 8 amide bonds. The van der Waals surface area contributed by atoms with Gasteiger partial charge in [-0.05, 0) is 108 Å². The van der Waals surface area contributed by atoms with Crippen LogP contribution in [0, 0.1) is 0 Å². The summed E-state index contributed by atoms with van der Waals surface area (Å²) in [5.41, 5.74) is 0.408. The molecular weight excluding hydrogens is 967 g/mol. The number of hydrogen-bond donors (Lipinski definition) is 12. The lowest BCUT2D eigenvalue weighted by Crippen LogP contribution is -2.60. The standard InChI is InChI=1S/C46H67N9O16S/c1-24(48-43(67)37(25(2)56)53-38(62)28-7-4-19-47-28)44(68)55-21-6-9-34(55)45(69)54-20-5-8-33(54)42(66)50-29(14-16-35(58)59)39(63)52-32(23-26-10-12-27(57)13-11-26)41(65)49-30(18-22-72-3)40(64)51-31(46(70)71)15-17-36(60)61/h10-13,24-25,28-34,37,47,56-57H,4-9,14-23H2,1-3H3,(H,48,67)(H,49,65)(H,50,66)(H,51,64)(H,52,63)(H,53,62)(H,58,59)(H,60,61)(H,70,71)/t24-,25+,28-,29-,30-,31-,32-,33-,34-,37-/m0/s1. The number of aliphatic hydroxyl groups is 1. The Labute approximate surface area is 419 Å². The van der Waals surface area contributed by atoms with E-state index in [2.05, 4.69) is 37.2 Å². The number of rotatable bonds is 27. The second kappa shape index (κ2) is 27.9. The van der Waals surface area contributed by atoms with Crippen LogP contribution in [-0.2, 0) is 59.2 Å². The molecule has 0 aromatic heterocycles. The molecule has 10 atom stereocenters. The first kappa shape index (κ1) is 58.0. The van der Waals surface area contributed by atoms with Crippen LogP contribution in [0.15, 0.2) is 24.3 Å². The molecule has 0 saturated carbocycles. The minimum atomic E-state index is -1.61. The highest BCUT2D eigenvalue weighted by molar-refractivity contribution is 7.98. The summed E-state index contributed by atoms with van der Waals surface area (Å²) in [6, 6.07) is -5.88. The van der Waals surface area contributed by atoms with Crippen molar-refractivity contribution in [2.24, 2.45) is 0 Å². The number of aromatic hydroxyl groups is 1. The van der Waals surface area contributed by atoms with Crippen molar-refractivity contribution in [2.75, 3.05) is 31.6 Å². The number of carboxylic acids is 3. The fourth-order valence-corrected chi connectivity index (χ4v) is 9.16. The molecule has 0 aliphatic carbocycles. The van der Waals surface area contributed by atoms with Crippen LogP contribution in [0.2, 0.25) is 0 Å².